The molecular weight excluding hydrogens is 160 g/mol. The lowest BCUT2D eigenvalue weighted by molar-refractivity contribution is 0.166. The van der Waals surface area contributed by atoms with E-state index in [9.17, 15) is 0 Å². The van der Waals surface area contributed by atoms with Crippen molar-refractivity contribution in [3.8, 4) is 0 Å². The third-order valence-electron chi connectivity index (χ3n) is 2.90. The minimum Gasteiger partial charge on any atom is -0.306 e. The van der Waals surface area contributed by atoms with E-state index >= 15 is 0 Å². The van der Waals surface area contributed by atoms with E-state index in [2.05, 4.69) is 30.8 Å². The molecule has 78 valence electrons. The van der Waals surface area contributed by atoms with Crippen LogP contribution in [0.2, 0.25) is 0 Å². The molecule has 1 saturated heterocycles. The molecule has 2 heteroatoms. The summed E-state index contributed by atoms with van der Waals surface area (Å²) in [4.78, 5) is 4.94. The summed E-state index contributed by atoms with van der Waals surface area (Å²) < 4.78 is 0. The molecule has 1 unspecified atom stereocenters. The molecule has 0 aliphatic carbocycles. The maximum atomic E-state index is 2.48. The fourth-order valence-electron chi connectivity index (χ4n) is 2.34. The predicted octanol–water partition coefficient (Wildman–Crippen LogP) is 1.67. The van der Waals surface area contributed by atoms with Gasteiger partial charge in [-0.25, -0.2) is 0 Å². The lowest BCUT2D eigenvalue weighted by Crippen LogP contribution is -2.38. The van der Waals surface area contributed by atoms with Crippen LogP contribution in [0.15, 0.2) is 0 Å². The highest BCUT2D eigenvalue weighted by Crippen LogP contribution is 2.15. The molecule has 1 fully saturated rings. The molecule has 1 heterocycles. The van der Waals surface area contributed by atoms with Crippen LogP contribution in [0.3, 0.4) is 0 Å². The van der Waals surface area contributed by atoms with Crippen molar-refractivity contribution < 1.29 is 0 Å². The third kappa shape index (κ3) is 4.10. The zero-order chi connectivity index (χ0) is 9.68. The van der Waals surface area contributed by atoms with Crippen LogP contribution < -0.4 is 0 Å². The molecule has 0 N–H and O–H groups in total. The van der Waals surface area contributed by atoms with Crippen LogP contribution in [0, 0.1) is 5.92 Å². The van der Waals surface area contributed by atoms with Crippen LogP contribution in [0.5, 0.6) is 0 Å². The van der Waals surface area contributed by atoms with Crippen molar-refractivity contribution in [2.75, 3.05) is 40.3 Å². The van der Waals surface area contributed by atoms with Gasteiger partial charge in [-0.05, 0) is 52.4 Å². The van der Waals surface area contributed by atoms with Crippen LogP contribution in [-0.4, -0.2) is 50.1 Å². The first kappa shape index (κ1) is 11.0. The standard InChI is InChI=1S/C11H24N2/c1-4-7-12(2)9-11-6-5-8-13(3)10-11/h11H,4-10H2,1-3H3. The van der Waals surface area contributed by atoms with Gasteiger partial charge in [-0.3, -0.25) is 0 Å². The molecule has 0 amide bonds. The molecule has 0 bridgehead atoms. The van der Waals surface area contributed by atoms with E-state index in [1.807, 2.05) is 0 Å². The SMILES string of the molecule is CCCN(C)CC1CCCN(C)C1. The fourth-order valence-corrected chi connectivity index (χ4v) is 2.34. The summed E-state index contributed by atoms with van der Waals surface area (Å²) in [5, 5.41) is 0. The predicted molar refractivity (Wildman–Crippen MR) is 58.0 cm³/mol. The second-order valence-corrected chi connectivity index (χ2v) is 4.53. The van der Waals surface area contributed by atoms with Gasteiger partial charge in [-0.2, -0.15) is 0 Å². The monoisotopic (exact) mass is 184 g/mol. The van der Waals surface area contributed by atoms with Gasteiger partial charge in [-0.1, -0.05) is 6.92 Å². The van der Waals surface area contributed by atoms with Gasteiger partial charge in [0, 0.05) is 13.1 Å². The number of likely N-dealkylation sites (tertiary alicyclic amines) is 1. The molecule has 0 saturated carbocycles. The first-order valence-electron chi connectivity index (χ1n) is 5.59. The van der Waals surface area contributed by atoms with Gasteiger partial charge in [0.25, 0.3) is 0 Å². The van der Waals surface area contributed by atoms with Gasteiger partial charge >= 0.3 is 0 Å². The Morgan fingerprint density at radius 2 is 2.23 bits per heavy atom. The topological polar surface area (TPSA) is 6.48 Å². The maximum absolute atomic E-state index is 2.48. The number of nitrogens with zero attached hydrogens (tertiary/aromatic N) is 2. The Labute approximate surface area is 82.9 Å². The molecule has 1 aliphatic rings. The number of rotatable bonds is 4. The highest BCUT2D eigenvalue weighted by atomic mass is 15.1. The quantitative estimate of drug-likeness (QED) is 0.656. The van der Waals surface area contributed by atoms with E-state index < -0.39 is 0 Å². The molecule has 0 aromatic carbocycles. The van der Waals surface area contributed by atoms with Crippen molar-refractivity contribution in [2.24, 2.45) is 5.92 Å². The van der Waals surface area contributed by atoms with E-state index in [4.69, 9.17) is 0 Å². The van der Waals surface area contributed by atoms with E-state index in [0.717, 1.165) is 5.92 Å². The second kappa shape index (κ2) is 5.61. The van der Waals surface area contributed by atoms with E-state index in [-0.39, 0.29) is 0 Å². The Morgan fingerprint density at radius 1 is 1.46 bits per heavy atom. The van der Waals surface area contributed by atoms with E-state index in [1.54, 1.807) is 0 Å². The van der Waals surface area contributed by atoms with Crippen LogP contribution in [0.25, 0.3) is 0 Å². The number of hydrogen-bond donors (Lipinski definition) is 0. The average Bonchev–Trinajstić information content (AvgIpc) is 2.04. The zero-order valence-corrected chi connectivity index (χ0v) is 9.42. The molecule has 13 heavy (non-hydrogen) atoms. The Bertz CT molecular complexity index is 136. The van der Waals surface area contributed by atoms with Crippen molar-refractivity contribution in [3.63, 3.8) is 0 Å². The lowest BCUT2D eigenvalue weighted by atomic mass is 9.98. The summed E-state index contributed by atoms with van der Waals surface area (Å²) in [5.74, 6) is 0.912. The molecule has 1 atom stereocenters. The van der Waals surface area contributed by atoms with Crippen LogP contribution in [-0.2, 0) is 0 Å². The summed E-state index contributed by atoms with van der Waals surface area (Å²) in [5.41, 5.74) is 0. The minimum atomic E-state index is 0.912. The highest BCUT2D eigenvalue weighted by Gasteiger charge is 2.17. The van der Waals surface area contributed by atoms with Gasteiger partial charge in [0.15, 0.2) is 0 Å². The van der Waals surface area contributed by atoms with Crippen LogP contribution >= 0.6 is 0 Å². The summed E-state index contributed by atoms with van der Waals surface area (Å²) in [6, 6.07) is 0. The molecule has 1 rings (SSSR count). The zero-order valence-electron chi connectivity index (χ0n) is 9.42. The molecule has 0 spiro atoms. The maximum Gasteiger partial charge on any atom is 0.00188 e. The smallest absolute Gasteiger partial charge is 0.00188 e. The molecule has 1 aliphatic heterocycles. The molecule has 0 aromatic heterocycles. The minimum absolute atomic E-state index is 0.912. The fraction of sp³-hybridized carbons (Fsp3) is 1.00. The Morgan fingerprint density at radius 3 is 2.85 bits per heavy atom. The molecular formula is C11H24N2. The molecule has 2 nitrogen and oxygen atoms in total. The first-order chi connectivity index (χ1) is 6.22. The number of piperidine rings is 1. The third-order valence-corrected chi connectivity index (χ3v) is 2.90. The second-order valence-electron chi connectivity index (χ2n) is 4.53. The van der Waals surface area contributed by atoms with Crippen molar-refractivity contribution >= 4 is 0 Å². The molecule has 0 radical (unpaired) electrons. The largest absolute Gasteiger partial charge is 0.306 e. The van der Waals surface area contributed by atoms with Crippen molar-refractivity contribution in [2.45, 2.75) is 26.2 Å². The molecule has 0 aromatic rings. The van der Waals surface area contributed by atoms with Crippen molar-refractivity contribution in [3.05, 3.63) is 0 Å². The van der Waals surface area contributed by atoms with Crippen molar-refractivity contribution in [1.82, 2.24) is 9.80 Å². The Balaban J connectivity index is 2.19. The van der Waals surface area contributed by atoms with Gasteiger partial charge < -0.3 is 9.80 Å². The summed E-state index contributed by atoms with van der Waals surface area (Å²) in [6.45, 7) is 7.39. The van der Waals surface area contributed by atoms with E-state index in [0.29, 0.717) is 0 Å². The van der Waals surface area contributed by atoms with Crippen molar-refractivity contribution in [1.29, 1.82) is 0 Å². The number of hydrogen-bond acceptors (Lipinski definition) is 2. The lowest BCUT2D eigenvalue weighted by Gasteiger charge is -2.32. The van der Waals surface area contributed by atoms with Crippen LogP contribution in [0.4, 0.5) is 0 Å². The first-order valence-corrected chi connectivity index (χ1v) is 5.59. The Kier molecular flexibility index (Phi) is 4.74. The Hall–Kier alpha value is -0.0800. The van der Waals surface area contributed by atoms with Gasteiger partial charge in [0.2, 0.25) is 0 Å². The highest BCUT2D eigenvalue weighted by molar-refractivity contribution is 4.72. The van der Waals surface area contributed by atoms with Gasteiger partial charge in [0.05, 0.1) is 0 Å². The summed E-state index contributed by atoms with van der Waals surface area (Å²) in [7, 11) is 4.49. The van der Waals surface area contributed by atoms with Crippen LogP contribution in [0.1, 0.15) is 26.2 Å². The van der Waals surface area contributed by atoms with Gasteiger partial charge in [0.1, 0.15) is 0 Å². The summed E-state index contributed by atoms with van der Waals surface area (Å²) in [6.07, 6.45) is 4.10. The normalized spacial score (nSPS) is 25.4. The average molecular weight is 184 g/mol. The van der Waals surface area contributed by atoms with E-state index in [1.165, 1.54) is 45.4 Å². The summed E-state index contributed by atoms with van der Waals surface area (Å²) >= 11 is 0. The van der Waals surface area contributed by atoms with Gasteiger partial charge in [-0.15, -0.1) is 0 Å².